The van der Waals surface area contributed by atoms with Gasteiger partial charge >= 0.3 is 5.97 Å². The topological polar surface area (TPSA) is 97.8 Å². The maximum absolute atomic E-state index is 12.6. The molecule has 1 fully saturated rings. The smallest absolute Gasteiger partial charge is 0.341 e. The highest BCUT2D eigenvalue weighted by molar-refractivity contribution is 6.04. The molecule has 3 rings (SSSR count). The van der Waals surface area contributed by atoms with E-state index in [-0.39, 0.29) is 12.0 Å². The quantitative estimate of drug-likeness (QED) is 0.753. The van der Waals surface area contributed by atoms with Crippen molar-refractivity contribution < 1.29 is 24.2 Å². The first kappa shape index (κ1) is 19.7. The van der Waals surface area contributed by atoms with Crippen LogP contribution in [0.15, 0.2) is 36.5 Å². The standard InChI is InChI=1S/C21H24N2O5/c1-14-11-17(27-13-20(24)25)7-8-18(14)23-21(26)15-9-10-22-19(12-15)28-16-5-3-2-4-6-16/h7-12,16H,2-6,13H2,1H3,(H,23,26)(H,24,25). The van der Waals surface area contributed by atoms with Crippen molar-refractivity contribution in [2.75, 3.05) is 11.9 Å². The number of rotatable bonds is 7. The van der Waals surface area contributed by atoms with Gasteiger partial charge in [0.2, 0.25) is 5.88 Å². The maximum atomic E-state index is 12.6. The predicted molar refractivity (Wildman–Crippen MR) is 104 cm³/mol. The summed E-state index contributed by atoms with van der Waals surface area (Å²) in [7, 11) is 0. The Morgan fingerprint density at radius 3 is 2.68 bits per heavy atom. The summed E-state index contributed by atoms with van der Waals surface area (Å²) in [6.45, 7) is 1.40. The van der Waals surface area contributed by atoms with Gasteiger partial charge in [-0.3, -0.25) is 4.79 Å². The Hall–Kier alpha value is -3.09. The molecule has 1 aromatic heterocycles. The second kappa shape index (κ2) is 9.21. The highest BCUT2D eigenvalue weighted by atomic mass is 16.5. The number of anilines is 1. The summed E-state index contributed by atoms with van der Waals surface area (Å²) in [6.07, 6.45) is 7.35. The number of benzene rings is 1. The van der Waals surface area contributed by atoms with Gasteiger partial charge in [-0.25, -0.2) is 9.78 Å². The van der Waals surface area contributed by atoms with Crippen LogP contribution in [-0.2, 0) is 4.79 Å². The third-order valence-electron chi connectivity index (χ3n) is 4.65. The van der Waals surface area contributed by atoms with Crippen LogP contribution >= 0.6 is 0 Å². The molecule has 1 amide bonds. The summed E-state index contributed by atoms with van der Waals surface area (Å²) in [5, 5.41) is 11.5. The fraction of sp³-hybridized carbons (Fsp3) is 0.381. The van der Waals surface area contributed by atoms with Crippen molar-refractivity contribution in [2.45, 2.75) is 45.1 Å². The maximum Gasteiger partial charge on any atom is 0.341 e. The minimum absolute atomic E-state index is 0.167. The number of pyridine rings is 1. The van der Waals surface area contributed by atoms with Crippen LogP contribution in [-0.4, -0.2) is 34.7 Å². The number of hydrogen-bond acceptors (Lipinski definition) is 5. The molecule has 7 nitrogen and oxygen atoms in total. The highest BCUT2D eigenvalue weighted by Gasteiger charge is 2.16. The number of carboxylic acids is 1. The number of carboxylic acid groups (broad SMARTS) is 1. The number of nitrogens with one attached hydrogen (secondary N) is 1. The van der Waals surface area contributed by atoms with Gasteiger partial charge < -0.3 is 19.9 Å². The van der Waals surface area contributed by atoms with Gasteiger partial charge in [0.15, 0.2) is 6.61 Å². The minimum atomic E-state index is -1.04. The number of aryl methyl sites for hydroxylation is 1. The third kappa shape index (κ3) is 5.45. The van der Waals surface area contributed by atoms with Crippen molar-refractivity contribution in [3.05, 3.63) is 47.7 Å². The fourth-order valence-electron chi connectivity index (χ4n) is 3.17. The summed E-state index contributed by atoms with van der Waals surface area (Å²) in [4.78, 5) is 27.4. The first-order valence-corrected chi connectivity index (χ1v) is 9.40. The summed E-state index contributed by atoms with van der Waals surface area (Å²) < 4.78 is 11.1. The van der Waals surface area contributed by atoms with E-state index in [4.69, 9.17) is 14.6 Å². The summed E-state index contributed by atoms with van der Waals surface area (Å²) in [5.74, 6) is -0.407. The van der Waals surface area contributed by atoms with E-state index in [1.807, 2.05) is 6.92 Å². The molecule has 2 aromatic rings. The molecule has 0 radical (unpaired) electrons. The third-order valence-corrected chi connectivity index (χ3v) is 4.65. The molecule has 0 saturated heterocycles. The average molecular weight is 384 g/mol. The van der Waals surface area contributed by atoms with Gasteiger partial charge in [0, 0.05) is 23.5 Å². The summed E-state index contributed by atoms with van der Waals surface area (Å²) in [6, 6.07) is 8.29. The second-order valence-electron chi connectivity index (χ2n) is 6.87. The number of hydrogen-bond donors (Lipinski definition) is 2. The molecule has 0 spiro atoms. The van der Waals surface area contributed by atoms with E-state index in [0.717, 1.165) is 31.2 Å². The van der Waals surface area contributed by atoms with Gasteiger partial charge in [0.05, 0.1) is 0 Å². The van der Waals surface area contributed by atoms with Crippen molar-refractivity contribution in [1.82, 2.24) is 4.98 Å². The largest absolute Gasteiger partial charge is 0.482 e. The Morgan fingerprint density at radius 2 is 1.96 bits per heavy atom. The lowest BCUT2D eigenvalue weighted by atomic mass is 9.98. The van der Waals surface area contributed by atoms with Crippen molar-refractivity contribution in [2.24, 2.45) is 0 Å². The molecule has 0 atom stereocenters. The van der Waals surface area contributed by atoms with E-state index in [9.17, 15) is 9.59 Å². The molecule has 0 unspecified atom stereocenters. The van der Waals surface area contributed by atoms with Crippen LogP contribution in [0, 0.1) is 6.92 Å². The average Bonchev–Trinajstić information content (AvgIpc) is 2.69. The van der Waals surface area contributed by atoms with Crippen molar-refractivity contribution in [3.8, 4) is 11.6 Å². The van der Waals surface area contributed by atoms with Crippen LogP contribution < -0.4 is 14.8 Å². The van der Waals surface area contributed by atoms with Gasteiger partial charge in [0.1, 0.15) is 11.9 Å². The summed E-state index contributed by atoms with van der Waals surface area (Å²) >= 11 is 0. The molecule has 1 saturated carbocycles. The van der Waals surface area contributed by atoms with E-state index in [0.29, 0.717) is 22.9 Å². The van der Waals surface area contributed by atoms with E-state index in [1.165, 1.54) is 6.42 Å². The number of amides is 1. The van der Waals surface area contributed by atoms with Crippen molar-refractivity contribution in [1.29, 1.82) is 0 Å². The lowest BCUT2D eigenvalue weighted by Gasteiger charge is -2.22. The minimum Gasteiger partial charge on any atom is -0.482 e. The molecule has 0 bridgehead atoms. The predicted octanol–water partition coefficient (Wildman–Crippen LogP) is 3.82. The molecule has 1 aliphatic carbocycles. The Morgan fingerprint density at radius 1 is 1.18 bits per heavy atom. The van der Waals surface area contributed by atoms with E-state index in [2.05, 4.69) is 10.3 Å². The first-order chi connectivity index (χ1) is 13.5. The fourth-order valence-corrected chi connectivity index (χ4v) is 3.17. The Balaban J connectivity index is 1.64. The van der Waals surface area contributed by atoms with Crippen LogP contribution in [0.25, 0.3) is 0 Å². The number of ether oxygens (including phenoxy) is 2. The zero-order valence-corrected chi connectivity index (χ0v) is 15.8. The number of aliphatic carboxylic acids is 1. The number of carbonyl (C=O) groups excluding carboxylic acids is 1. The molecule has 2 N–H and O–H groups in total. The van der Waals surface area contributed by atoms with Gasteiger partial charge in [-0.05, 0) is 62.4 Å². The molecular formula is C21H24N2O5. The van der Waals surface area contributed by atoms with Crippen molar-refractivity contribution >= 4 is 17.6 Å². The highest BCUT2D eigenvalue weighted by Crippen LogP contribution is 2.24. The molecule has 148 valence electrons. The SMILES string of the molecule is Cc1cc(OCC(=O)O)ccc1NC(=O)c1ccnc(OC2CCCCC2)c1. The molecule has 1 aliphatic rings. The van der Waals surface area contributed by atoms with Crippen molar-refractivity contribution in [3.63, 3.8) is 0 Å². The normalized spacial score (nSPS) is 14.3. The van der Waals surface area contributed by atoms with Gasteiger partial charge in [-0.2, -0.15) is 0 Å². The van der Waals surface area contributed by atoms with Crippen LogP contribution in [0.1, 0.15) is 48.0 Å². The number of carbonyl (C=O) groups is 2. The van der Waals surface area contributed by atoms with Crippen LogP contribution in [0.2, 0.25) is 0 Å². The lowest BCUT2D eigenvalue weighted by molar-refractivity contribution is -0.139. The van der Waals surface area contributed by atoms with Gasteiger partial charge in [-0.15, -0.1) is 0 Å². The molecule has 0 aliphatic heterocycles. The monoisotopic (exact) mass is 384 g/mol. The Kier molecular flexibility index (Phi) is 6.47. The Bertz CT molecular complexity index is 846. The van der Waals surface area contributed by atoms with E-state index < -0.39 is 12.6 Å². The van der Waals surface area contributed by atoms with E-state index >= 15 is 0 Å². The van der Waals surface area contributed by atoms with Crippen LogP contribution in [0.5, 0.6) is 11.6 Å². The van der Waals surface area contributed by atoms with Crippen LogP contribution in [0.4, 0.5) is 5.69 Å². The zero-order valence-electron chi connectivity index (χ0n) is 15.8. The molecular weight excluding hydrogens is 360 g/mol. The Labute approximate surface area is 163 Å². The number of nitrogens with zero attached hydrogens (tertiary/aromatic N) is 1. The molecule has 1 aromatic carbocycles. The molecule has 28 heavy (non-hydrogen) atoms. The summed E-state index contributed by atoms with van der Waals surface area (Å²) in [5.41, 5.74) is 1.86. The lowest BCUT2D eigenvalue weighted by Crippen LogP contribution is -2.20. The molecule has 7 heteroatoms. The molecule has 1 heterocycles. The first-order valence-electron chi connectivity index (χ1n) is 9.40. The van der Waals surface area contributed by atoms with Gasteiger partial charge in [-0.1, -0.05) is 6.42 Å². The zero-order chi connectivity index (χ0) is 19.9. The van der Waals surface area contributed by atoms with Crippen LogP contribution in [0.3, 0.4) is 0 Å². The van der Waals surface area contributed by atoms with Gasteiger partial charge in [0.25, 0.3) is 5.91 Å². The van der Waals surface area contributed by atoms with E-state index in [1.54, 1.807) is 36.5 Å². The second-order valence-corrected chi connectivity index (χ2v) is 6.87. The number of aromatic nitrogens is 1.